The highest BCUT2D eigenvalue weighted by Gasteiger charge is 2.27. The van der Waals surface area contributed by atoms with Crippen molar-refractivity contribution in [3.05, 3.63) is 113 Å². The molecule has 0 bridgehead atoms. The van der Waals surface area contributed by atoms with Crippen LogP contribution < -0.4 is 9.73 Å². The maximum absolute atomic E-state index is 13.3. The van der Waals surface area contributed by atoms with Crippen LogP contribution in [0.5, 0.6) is 0 Å². The van der Waals surface area contributed by atoms with Crippen molar-refractivity contribution in [2.75, 3.05) is 10.8 Å². The van der Waals surface area contributed by atoms with Crippen molar-refractivity contribution in [1.29, 1.82) is 0 Å². The number of halogens is 2. The SMILES string of the molecule is Cc1cc(/C=N/NC(=O)CN(c2ccc(Cl)cc2)S(=O)(=O)c2ccccc2)c(C)n1-c1ccc(F)cc1. The zero-order valence-corrected chi connectivity index (χ0v) is 21.7. The molecule has 3 aromatic carbocycles. The van der Waals surface area contributed by atoms with Crippen LogP contribution in [0, 0.1) is 19.7 Å². The molecule has 4 aromatic rings. The molecule has 1 amide bonds. The monoisotopic (exact) mass is 538 g/mol. The highest BCUT2D eigenvalue weighted by atomic mass is 35.5. The third kappa shape index (κ3) is 5.90. The Bertz CT molecular complexity index is 1540. The first kappa shape index (κ1) is 26.1. The fraction of sp³-hybridized carbons (Fsp3) is 0.111. The molecule has 7 nitrogen and oxygen atoms in total. The Morgan fingerprint density at radius 3 is 2.32 bits per heavy atom. The summed E-state index contributed by atoms with van der Waals surface area (Å²) in [5, 5.41) is 4.48. The molecular weight excluding hydrogens is 515 g/mol. The number of nitrogens with one attached hydrogen (secondary N) is 1. The van der Waals surface area contributed by atoms with Gasteiger partial charge in [-0.2, -0.15) is 5.10 Å². The normalized spacial score (nSPS) is 11.6. The summed E-state index contributed by atoms with van der Waals surface area (Å²) in [6.45, 7) is 3.30. The van der Waals surface area contributed by atoms with Gasteiger partial charge in [-0.1, -0.05) is 29.8 Å². The summed E-state index contributed by atoms with van der Waals surface area (Å²) in [7, 11) is -4.03. The van der Waals surface area contributed by atoms with Gasteiger partial charge in [-0.05, 0) is 80.6 Å². The lowest BCUT2D eigenvalue weighted by Crippen LogP contribution is -2.39. The molecule has 1 heterocycles. The zero-order chi connectivity index (χ0) is 26.6. The van der Waals surface area contributed by atoms with E-state index in [0.29, 0.717) is 5.02 Å². The molecule has 1 N–H and O–H groups in total. The van der Waals surface area contributed by atoms with Crippen LogP contribution in [0.3, 0.4) is 0 Å². The highest BCUT2D eigenvalue weighted by molar-refractivity contribution is 7.92. The number of hydrogen-bond donors (Lipinski definition) is 1. The van der Waals surface area contributed by atoms with Gasteiger partial charge >= 0.3 is 0 Å². The fourth-order valence-corrected chi connectivity index (χ4v) is 5.46. The van der Waals surface area contributed by atoms with Crippen LogP contribution in [0.2, 0.25) is 5.02 Å². The lowest BCUT2D eigenvalue weighted by atomic mass is 10.2. The molecule has 0 aliphatic carbocycles. The summed E-state index contributed by atoms with van der Waals surface area (Å²) < 4.78 is 42.9. The second-order valence-electron chi connectivity index (χ2n) is 8.23. The van der Waals surface area contributed by atoms with Gasteiger partial charge in [0.2, 0.25) is 0 Å². The van der Waals surface area contributed by atoms with Gasteiger partial charge in [0.1, 0.15) is 12.4 Å². The Morgan fingerprint density at radius 2 is 1.68 bits per heavy atom. The summed E-state index contributed by atoms with van der Waals surface area (Å²) in [6, 6.07) is 22.0. The second-order valence-corrected chi connectivity index (χ2v) is 10.5. The largest absolute Gasteiger partial charge is 0.318 e. The highest BCUT2D eigenvalue weighted by Crippen LogP contribution is 2.25. The van der Waals surface area contributed by atoms with Crippen molar-refractivity contribution in [2.45, 2.75) is 18.7 Å². The molecule has 37 heavy (non-hydrogen) atoms. The first-order chi connectivity index (χ1) is 17.7. The molecule has 190 valence electrons. The van der Waals surface area contributed by atoms with Gasteiger partial charge in [0.05, 0.1) is 16.8 Å². The molecule has 0 atom stereocenters. The lowest BCUT2D eigenvalue weighted by Gasteiger charge is -2.23. The van der Waals surface area contributed by atoms with E-state index >= 15 is 0 Å². The number of hydrazone groups is 1. The summed E-state index contributed by atoms with van der Waals surface area (Å²) in [5.74, 6) is -0.948. The van der Waals surface area contributed by atoms with Crippen LogP contribution >= 0.6 is 11.6 Å². The number of aromatic nitrogens is 1. The molecule has 0 saturated carbocycles. The van der Waals surface area contributed by atoms with E-state index in [9.17, 15) is 17.6 Å². The van der Waals surface area contributed by atoms with Gasteiger partial charge in [-0.25, -0.2) is 18.2 Å². The van der Waals surface area contributed by atoms with Crippen LogP contribution in [-0.2, 0) is 14.8 Å². The number of carbonyl (C=O) groups is 1. The standard InChI is InChI=1S/C27H24ClFN4O3S/c1-19-16-21(20(2)33(19)25-14-10-23(29)11-15-25)17-30-31-27(34)18-32(24-12-8-22(28)9-13-24)37(35,36)26-6-4-3-5-7-26/h3-17H,18H2,1-2H3,(H,31,34)/b30-17+. The molecule has 0 unspecified atom stereocenters. The van der Waals surface area contributed by atoms with E-state index in [2.05, 4.69) is 10.5 Å². The molecule has 0 spiro atoms. The van der Waals surface area contributed by atoms with Crippen molar-refractivity contribution in [3.8, 4) is 5.69 Å². The smallest absolute Gasteiger partial charge is 0.264 e. The Balaban J connectivity index is 1.53. The molecule has 10 heteroatoms. The van der Waals surface area contributed by atoms with Crippen LogP contribution in [-0.4, -0.2) is 31.7 Å². The van der Waals surface area contributed by atoms with Gasteiger partial charge in [-0.15, -0.1) is 0 Å². The van der Waals surface area contributed by atoms with E-state index in [0.717, 1.165) is 26.9 Å². The van der Waals surface area contributed by atoms with E-state index in [-0.39, 0.29) is 16.4 Å². The molecule has 0 fully saturated rings. The fourth-order valence-electron chi connectivity index (χ4n) is 3.89. The first-order valence-electron chi connectivity index (χ1n) is 11.3. The van der Waals surface area contributed by atoms with Crippen molar-refractivity contribution in [3.63, 3.8) is 0 Å². The Morgan fingerprint density at radius 1 is 1.03 bits per heavy atom. The number of aryl methyl sites for hydroxylation is 1. The van der Waals surface area contributed by atoms with E-state index in [1.807, 2.05) is 24.5 Å². The van der Waals surface area contributed by atoms with Gasteiger partial charge in [0.25, 0.3) is 15.9 Å². The quantitative estimate of drug-likeness (QED) is 0.246. The van der Waals surface area contributed by atoms with E-state index in [1.54, 1.807) is 42.5 Å². The van der Waals surface area contributed by atoms with E-state index in [1.165, 1.54) is 42.6 Å². The Labute approximate surface area is 219 Å². The lowest BCUT2D eigenvalue weighted by molar-refractivity contribution is -0.119. The van der Waals surface area contributed by atoms with E-state index in [4.69, 9.17) is 11.6 Å². The van der Waals surface area contributed by atoms with Gasteiger partial charge < -0.3 is 4.57 Å². The number of nitrogens with zero attached hydrogens (tertiary/aromatic N) is 3. The molecule has 0 aliphatic heterocycles. The van der Waals surface area contributed by atoms with Crippen LogP contribution in [0.15, 0.2) is 94.9 Å². The van der Waals surface area contributed by atoms with Crippen molar-refractivity contribution in [1.82, 2.24) is 9.99 Å². The third-order valence-corrected chi connectivity index (χ3v) is 7.72. The van der Waals surface area contributed by atoms with E-state index < -0.39 is 22.5 Å². The van der Waals surface area contributed by atoms with Crippen LogP contribution in [0.25, 0.3) is 5.69 Å². The number of benzene rings is 3. The minimum absolute atomic E-state index is 0.0504. The summed E-state index contributed by atoms with van der Waals surface area (Å²) in [6.07, 6.45) is 1.48. The minimum atomic E-state index is -4.03. The van der Waals surface area contributed by atoms with Crippen molar-refractivity contribution >= 4 is 39.4 Å². The molecule has 0 radical (unpaired) electrons. The summed E-state index contributed by atoms with van der Waals surface area (Å²) >= 11 is 5.97. The maximum Gasteiger partial charge on any atom is 0.264 e. The molecular formula is C27H24ClFN4O3S. The average molecular weight is 539 g/mol. The predicted octanol–water partition coefficient (Wildman–Crippen LogP) is 5.23. The minimum Gasteiger partial charge on any atom is -0.318 e. The number of amides is 1. The summed E-state index contributed by atoms with van der Waals surface area (Å²) in [4.78, 5) is 12.8. The Hall–Kier alpha value is -3.95. The number of hydrogen-bond acceptors (Lipinski definition) is 4. The predicted molar refractivity (Wildman–Crippen MR) is 143 cm³/mol. The zero-order valence-electron chi connectivity index (χ0n) is 20.1. The number of rotatable bonds is 8. The number of sulfonamides is 1. The average Bonchev–Trinajstić information content (AvgIpc) is 3.17. The molecule has 1 aromatic heterocycles. The Kier molecular flexibility index (Phi) is 7.75. The third-order valence-electron chi connectivity index (χ3n) is 5.68. The van der Waals surface area contributed by atoms with Gasteiger partial charge in [-0.3, -0.25) is 9.10 Å². The number of carbonyl (C=O) groups excluding carboxylic acids is 1. The second kappa shape index (κ2) is 11.0. The maximum atomic E-state index is 13.3. The first-order valence-corrected chi connectivity index (χ1v) is 13.1. The van der Waals surface area contributed by atoms with Crippen LogP contribution in [0.1, 0.15) is 17.0 Å². The molecule has 0 aliphatic rings. The number of anilines is 1. The van der Waals surface area contributed by atoms with Gasteiger partial charge in [0.15, 0.2) is 0 Å². The van der Waals surface area contributed by atoms with Crippen LogP contribution in [0.4, 0.5) is 10.1 Å². The van der Waals surface area contributed by atoms with Crippen molar-refractivity contribution in [2.24, 2.45) is 5.10 Å². The van der Waals surface area contributed by atoms with Crippen molar-refractivity contribution < 1.29 is 17.6 Å². The van der Waals surface area contributed by atoms with Gasteiger partial charge in [0, 0.05) is 27.7 Å². The topological polar surface area (TPSA) is 83.8 Å². The molecule has 0 saturated heterocycles. The summed E-state index contributed by atoms with van der Waals surface area (Å²) in [5.41, 5.74) is 5.98. The molecule has 4 rings (SSSR count).